The molecule has 3 N–H and O–H groups in total. The molecule has 19 heavy (non-hydrogen) atoms. The van der Waals surface area contributed by atoms with E-state index in [-0.39, 0.29) is 6.04 Å². The number of nitrogens with one attached hydrogen (secondary N) is 1. The highest BCUT2D eigenvalue weighted by Gasteiger charge is 2.24. The molecule has 98 valence electrons. The molecule has 0 radical (unpaired) electrons. The van der Waals surface area contributed by atoms with Crippen molar-refractivity contribution in [3.05, 3.63) is 40.1 Å². The first-order chi connectivity index (χ1) is 9.15. The van der Waals surface area contributed by atoms with Gasteiger partial charge in [-0.2, -0.15) is 4.98 Å². The van der Waals surface area contributed by atoms with Gasteiger partial charge in [0.2, 0.25) is 5.88 Å². The fraction of sp³-hybridized carbons (Fsp3) is 0.167. The van der Waals surface area contributed by atoms with Crippen molar-refractivity contribution in [3.8, 4) is 5.88 Å². The monoisotopic (exact) mass is 296 g/mol. The van der Waals surface area contributed by atoms with E-state index in [9.17, 15) is 0 Å². The Morgan fingerprint density at radius 1 is 1.26 bits per heavy atom. The van der Waals surface area contributed by atoms with Crippen molar-refractivity contribution in [3.63, 3.8) is 0 Å². The smallest absolute Gasteiger partial charge is 0.242 e. The predicted molar refractivity (Wildman–Crippen MR) is 74.8 cm³/mol. The Labute approximate surface area is 119 Å². The fourth-order valence-corrected chi connectivity index (χ4v) is 2.22. The molecule has 2 aromatic rings. The molecular formula is C12H10Cl2N4O. The van der Waals surface area contributed by atoms with E-state index < -0.39 is 0 Å². The molecule has 0 spiro atoms. The molecule has 1 aromatic heterocycles. The maximum atomic E-state index is 6.01. The highest BCUT2D eigenvalue weighted by Crippen LogP contribution is 2.36. The average molecular weight is 297 g/mol. The molecule has 0 saturated heterocycles. The second-order valence-electron chi connectivity index (χ2n) is 4.12. The number of nitrogens with two attached hydrogens (primary N) is 1. The maximum absolute atomic E-state index is 6.01. The number of anilines is 2. The lowest BCUT2D eigenvalue weighted by Gasteiger charge is -2.27. The van der Waals surface area contributed by atoms with Gasteiger partial charge < -0.3 is 15.8 Å². The summed E-state index contributed by atoms with van der Waals surface area (Å²) in [5.74, 6) is 0.818. The van der Waals surface area contributed by atoms with Gasteiger partial charge in [0.1, 0.15) is 18.6 Å². The molecule has 2 heterocycles. The standard InChI is InChI=1S/C12H10Cl2N4O/c13-7-2-1-6(3-8(7)14)9-4-19-12-10(18-9)11(15)16-5-17-12/h1-3,5,9,18H,4H2,(H2,15,16,17). The third kappa shape index (κ3) is 2.27. The van der Waals surface area contributed by atoms with Crippen LogP contribution in [0.2, 0.25) is 10.0 Å². The molecule has 0 aliphatic carbocycles. The Balaban J connectivity index is 1.93. The highest BCUT2D eigenvalue weighted by atomic mass is 35.5. The summed E-state index contributed by atoms with van der Waals surface area (Å²) in [5.41, 5.74) is 7.36. The van der Waals surface area contributed by atoms with Gasteiger partial charge in [-0.25, -0.2) is 4.98 Å². The summed E-state index contributed by atoms with van der Waals surface area (Å²) in [4.78, 5) is 7.95. The minimum atomic E-state index is -0.0735. The highest BCUT2D eigenvalue weighted by molar-refractivity contribution is 6.42. The largest absolute Gasteiger partial charge is 0.474 e. The number of rotatable bonds is 1. The number of halogens is 2. The van der Waals surface area contributed by atoms with Crippen LogP contribution < -0.4 is 15.8 Å². The first-order valence-corrected chi connectivity index (χ1v) is 6.35. The quantitative estimate of drug-likeness (QED) is 0.846. The van der Waals surface area contributed by atoms with Crippen LogP contribution in [0.15, 0.2) is 24.5 Å². The molecule has 1 atom stereocenters. The van der Waals surface area contributed by atoms with Crippen LogP contribution in [0.25, 0.3) is 0 Å². The second-order valence-corrected chi connectivity index (χ2v) is 4.93. The Morgan fingerprint density at radius 3 is 2.89 bits per heavy atom. The van der Waals surface area contributed by atoms with Crippen LogP contribution in [0.1, 0.15) is 11.6 Å². The van der Waals surface area contributed by atoms with Gasteiger partial charge in [0.25, 0.3) is 0 Å². The molecule has 0 fully saturated rings. The summed E-state index contributed by atoms with van der Waals surface area (Å²) >= 11 is 11.9. The third-order valence-corrected chi connectivity index (χ3v) is 3.63. The molecule has 0 saturated carbocycles. The van der Waals surface area contributed by atoms with E-state index in [1.807, 2.05) is 6.07 Å². The van der Waals surface area contributed by atoms with Gasteiger partial charge in [0, 0.05) is 0 Å². The van der Waals surface area contributed by atoms with Crippen LogP contribution in [0.5, 0.6) is 5.88 Å². The number of hydrogen-bond donors (Lipinski definition) is 2. The van der Waals surface area contributed by atoms with Crippen molar-refractivity contribution >= 4 is 34.7 Å². The van der Waals surface area contributed by atoms with Crippen molar-refractivity contribution in [1.29, 1.82) is 0 Å². The molecule has 5 nitrogen and oxygen atoms in total. The molecule has 1 aromatic carbocycles. The lowest BCUT2D eigenvalue weighted by atomic mass is 10.1. The summed E-state index contributed by atoms with van der Waals surface area (Å²) in [5, 5.41) is 4.27. The molecule has 1 aliphatic heterocycles. The first-order valence-electron chi connectivity index (χ1n) is 5.60. The van der Waals surface area contributed by atoms with Crippen LogP contribution in [-0.2, 0) is 0 Å². The van der Waals surface area contributed by atoms with E-state index in [0.717, 1.165) is 5.56 Å². The minimum absolute atomic E-state index is 0.0735. The summed E-state index contributed by atoms with van der Waals surface area (Å²) < 4.78 is 5.57. The fourth-order valence-electron chi connectivity index (χ4n) is 1.91. The molecular weight excluding hydrogens is 287 g/mol. The number of fused-ring (bicyclic) bond motifs is 1. The zero-order valence-electron chi connectivity index (χ0n) is 9.73. The van der Waals surface area contributed by atoms with E-state index in [2.05, 4.69) is 15.3 Å². The molecule has 1 aliphatic rings. The van der Waals surface area contributed by atoms with Crippen molar-refractivity contribution in [2.24, 2.45) is 0 Å². The van der Waals surface area contributed by atoms with E-state index in [1.165, 1.54) is 6.33 Å². The predicted octanol–water partition coefficient (Wildman–Crippen LogP) is 2.91. The number of hydrogen-bond acceptors (Lipinski definition) is 5. The van der Waals surface area contributed by atoms with Gasteiger partial charge in [0.05, 0.1) is 16.1 Å². The van der Waals surface area contributed by atoms with Gasteiger partial charge in [-0.3, -0.25) is 0 Å². The summed E-state index contributed by atoms with van der Waals surface area (Å²) in [7, 11) is 0. The zero-order valence-corrected chi connectivity index (χ0v) is 11.2. The number of nitrogen functional groups attached to an aromatic ring is 1. The summed E-state index contributed by atoms with van der Waals surface area (Å²) in [6.07, 6.45) is 1.37. The molecule has 1 unspecified atom stereocenters. The van der Waals surface area contributed by atoms with Crippen LogP contribution in [0.3, 0.4) is 0 Å². The maximum Gasteiger partial charge on any atom is 0.242 e. The van der Waals surface area contributed by atoms with Crippen molar-refractivity contribution in [2.45, 2.75) is 6.04 Å². The van der Waals surface area contributed by atoms with Crippen molar-refractivity contribution < 1.29 is 4.74 Å². The van der Waals surface area contributed by atoms with Gasteiger partial charge in [-0.1, -0.05) is 29.3 Å². The number of nitrogens with zero attached hydrogens (tertiary/aromatic N) is 2. The van der Waals surface area contributed by atoms with Crippen LogP contribution in [-0.4, -0.2) is 16.6 Å². The van der Waals surface area contributed by atoms with Gasteiger partial charge in [0.15, 0.2) is 5.82 Å². The average Bonchev–Trinajstić information content (AvgIpc) is 2.42. The van der Waals surface area contributed by atoms with Crippen molar-refractivity contribution in [1.82, 2.24) is 9.97 Å². The van der Waals surface area contributed by atoms with Crippen LogP contribution in [0.4, 0.5) is 11.5 Å². The topological polar surface area (TPSA) is 73.1 Å². The van der Waals surface area contributed by atoms with E-state index >= 15 is 0 Å². The van der Waals surface area contributed by atoms with Crippen LogP contribution in [0, 0.1) is 0 Å². The SMILES string of the molecule is Nc1ncnc2c1NC(c1ccc(Cl)c(Cl)c1)CO2. The lowest BCUT2D eigenvalue weighted by molar-refractivity contribution is 0.275. The molecule has 0 amide bonds. The summed E-state index contributed by atoms with van der Waals surface area (Å²) in [6, 6.07) is 5.37. The Kier molecular flexibility index (Phi) is 3.08. The van der Waals surface area contributed by atoms with Gasteiger partial charge >= 0.3 is 0 Å². The molecule has 0 bridgehead atoms. The van der Waals surface area contributed by atoms with Crippen molar-refractivity contribution in [2.75, 3.05) is 17.7 Å². The van der Waals surface area contributed by atoms with Gasteiger partial charge in [-0.15, -0.1) is 0 Å². The Bertz CT molecular complexity index is 635. The zero-order chi connectivity index (χ0) is 13.4. The summed E-state index contributed by atoms with van der Waals surface area (Å²) in [6.45, 7) is 0.432. The normalized spacial score (nSPS) is 17.3. The molecule has 7 heteroatoms. The Hall–Kier alpha value is -1.72. The Morgan fingerprint density at radius 2 is 2.11 bits per heavy atom. The molecule has 3 rings (SSSR count). The third-order valence-electron chi connectivity index (χ3n) is 2.89. The van der Waals surface area contributed by atoms with E-state index in [4.69, 9.17) is 33.7 Å². The van der Waals surface area contributed by atoms with E-state index in [1.54, 1.807) is 12.1 Å². The van der Waals surface area contributed by atoms with Crippen LogP contribution >= 0.6 is 23.2 Å². The number of ether oxygens (including phenoxy) is 1. The number of aromatic nitrogens is 2. The lowest BCUT2D eigenvalue weighted by Crippen LogP contribution is -2.25. The first kappa shape index (κ1) is 12.3. The second kappa shape index (κ2) is 4.75. The minimum Gasteiger partial charge on any atom is -0.474 e. The van der Waals surface area contributed by atoms with E-state index in [0.29, 0.717) is 34.0 Å². The number of benzene rings is 1. The van der Waals surface area contributed by atoms with Gasteiger partial charge in [-0.05, 0) is 17.7 Å².